The van der Waals surface area contributed by atoms with E-state index >= 15 is 0 Å². The lowest BCUT2D eigenvalue weighted by atomic mass is 9.79. The topological polar surface area (TPSA) is 111 Å². The summed E-state index contributed by atoms with van der Waals surface area (Å²) in [6.07, 6.45) is 2.52. The van der Waals surface area contributed by atoms with E-state index in [0.717, 1.165) is 11.3 Å². The van der Waals surface area contributed by atoms with Crippen LogP contribution in [-0.4, -0.2) is 48.6 Å². The molecule has 4 amide bonds. The molecule has 2 saturated heterocycles. The summed E-state index contributed by atoms with van der Waals surface area (Å²) in [4.78, 5) is 38.9. The van der Waals surface area contributed by atoms with Gasteiger partial charge in [0.1, 0.15) is 11.7 Å². The average molecular weight is 387 g/mol. The molecule has 4 rings (SSSR count). The Morgan fingerprint density at radius 3 is 2.68 bits per heavy atom. The molecule has 3 aliphatic heterocycles. The van der Waals surface area contributed by atoms with Crippen LogP contribution in [0.1, 0.15) is 37.7 Å². The van der Waals surface area contributed by atoms with Crippen molar-refractivity contribution in [2.75, 3.05) is 19.8 Å². The fourth-order valence-corrected chi connectivity index (χ4v) is 4.32. The highest BCUT2D eigenvalue weighted by atomic mass is 16.5. The van der Waals surface area contributed by atoms with Crippen LogP contribution in [0.15, 0.2) is 24.3 Å². The standard InChI is InChI=1S/C20H25N3O5/c21-20(9-12-28-16-4-2-1-3-15(16)20)8-5-14-17(24)22-19(26)23(18(14)25)13-6-10-27-11-7-13/h1-4,13-14H,5-12,21H2,(H,22,24,26)/t14?,20-/m0/s1. The predicted molar refractivity (Wildman–Crippen MR) is 99.4 cm³/mol. The minimum Gasteiger partial charge on any atom is -0.493 e. The van der Waals surface area contributed by atoms with Gasteiger partial charge in [0.2, 0.25) is 11.8 Å². The van der Waals surface area contributed by atoms with Gasteiger partial charge in [0, 0.05) is 36.8 Å². The highest BCUT2D eigenvalue weighted by molar-refractivity contribution is 6.16. The first kappa shape index (κ1) is 18.9. The number of urea groups is 1. The summed E-state index contributed by atoms with van der Waals surface area (Å²) in [6.45, 7) is 1.50. The van der Waals surface area contributed by atoms with E-state index in [-0.39, 0.29) is 12.5 Å². The number of para-hydroxylation sites is 1. The van der Waals surface area contributed by atoms with Crippen molar-refractivity contribution in [1.82, 2.24) is 10.2 Å². The van der Waals surface area contributed by atoms with Gasteiger partial charge in [0.15, 0.2) is 0 Å². The van der Waals surface area contributed by atoms with Gasteiger partial charge in [-0.25, -0.2) is 4.79 Å². The Morgan fingerprint density at radius 2 is 1.89 bits per heavy atom. The molecule has 3 aliphatic rings. The number of amides is 4. The molecule has 8 heteroatoms. The number of ether oxygens (including phenoxy) is 2. The SMILES string of the molecule is N[C@@]1(CCC2C(=O)NC(=O)N(C3CCOCC3)C2=O)CCOc2ccccc21. The van der Waals surface area contributed by atoms with Gasteiger partial charge in [-0.2, -0.15) is 0 Å². The van der Waals surface area contributed by atoms with Crippen molar-refractivity contribution in [1.29, 1.82) is 0 Å². The summed E-state index contributed by atoms with van der Waals surface area (Å²) in [5, 5.41) is 2.35. The minimum absolute atomic E-state index is 0.229. The van der Waals surface area contributed by atoms with E-state index in [1.807, 2.05) is 24.3 Å². The minimum atomic E-state index is -0.907. The molecule has 0 radical (unpaired) electrons. The lowest BCUT2D eigenvalue weighted by Gasteiger charge is -2.39. The van der Waals surface area contributed by atoms with Crippen LogP contribution in [0.2, 0.25) is 0 Å². The quantitative estimate of drug-likeness (QED) is 0.753. The number of hydrogen-bond acceptors (Lipinski definition) is 6. The van der Waals surface area contributed by atoms with Crippen molar-refractivity contribution < 1.29 is 23.9 Å². The van der Waals surface area contributed by atoms with E-state index in [1.165, 1.54) is 4.90 Å². The number of hydrogen-bond donors (Lipinski definition) is 2. The molecule has 0 spiro atoms. The maximum absolute atomic E-state index is 13.0. The molecule has 0 aromatic heterocycles. The van der Waals surface area contributed by atoms with Crippen molar-refractivity contribution in [3.63, 3.8) is 0 Å². The third-order valence-electron chi connectivity index (χ3n) is 5.97. The van der Waals surface area contributed by atoms with E-state index in [0.29, 0.717) is 45.5 Å². The molecule has 2 atom stereocenters. The number of nitrogens with one attached hydrogen (secondary N) is 1. The summed E-state index contributed by atoms with van der Waals surface area (Å²) >= 11 is 0. The third-order valence-corrected chi connectivity index (χ3v) is 5.97. The lowest BCUT2D eigenvalue weighted by molar-refractivity contribution is -0.145. The van der Waals surface area contributed by atoms with E-state index in [4.69, 9.17) is 15.2 Å². The summed E-state index contributed by atoms with van der Waals surface area (Å²) in [7, 11) is 0. The van der Waals surface area contributed by atoms with Gasteiger partial charge >= 0.3 is 6.03 Å². The second-order valence-electron chi connectivity index (χ2n) is 7.69. The molecular formula is C20H25N3O5. The number of carbonyl (C=O) groups is 3. The molecule has 1 unspecified atom stereocenters. The van der Waals surface area contributed by atoms with Crippen LogP contribution < -0.4 is 15.8 Å². The normalized spacial score (nSPS) is 28.5. The molecule has 0 aliphatic carbocycles. The van der Waals surface area contributed by atoms with Crippen molar-refractivity contribution in [3.8, 4) is 5.75 Å². The zero-order valence-corrected chi connectivity index (χ0v) is 15.7. The molecule has 8 nitrogen and oxygen atoms in total. The predicted octanol–water partition coefficient (Wildman–Crippen LogP) is 1.28. The van der Waals surface area contributed by atoms with Crippen molar-refractivity contribution in [3.05, 3.63) is 29.8 Å². The highest BCUT2D eigenvalue weighted by Gasteiger charge is 2.45. The Labute approximate surface area is 163 Å². The Morgan fingerprint density at radius 1 is 1.14 bits per heavy atom. The van der Waals surface area contributed by atoms with E-state index in [2.05, 4.69) is 5.32 Å². The summed E-state index contributed by atoms with van der Waals surface area (Å²) in [6, 6.07) is 6.73. The van der Waals surface area contributed by atoms with Crippen LogP contribution in [0.3, 0.4) is 0 Å². The van der Waals surface area contributed by atoms with Crippen molar-refractivity contribution in [2.45, 2.75) is 43.7 Å². The van der Waals surface area contributed by atoms with Crippen LogP contribution in [0.25, 0.3) is 0 Å². The van der Waals surface area contributed by atoms with E-state index in [9.17, 15) is 14.4 Å². The Balaban J connectivity index is 1.50. The van der Waals surface area contributed by atoms with Gasteiger partial charge in [-0.3, -0.25) is 19.8 Å². The van der Waals surface area contributed by atoms with Gasteiger partial charge in [0.05, 0.1) is 6.61 Å². The number of benzene rings is 1. The smallest absolute Gasteiger partial charge is 0.331 e. The summed E-state index contributed by atoms with van der Waals surface area (Å²) in [5.74, 6) is -1.13. The second-order valence-corrected chi connectivity index (χ2v) is 7.69. The largest absolute Gasteiger partial charge is 0.493 e. The number of fused-ring (bicyclic) bond motifs is 1. The zero-order chi connectivity index (χ0) is 19.7. The van der Waals surface area contributed by atoms with Gasteiger partial charge in [0.25, 0.3) is 0 Å². The Kier molecular flexibility index (Phi) is 5.07. The van der Waals surface area contributed by atoms with Crippen LogP contribution in [-0.2, 0) is 19.9 Å². The first-order chi connectivity index (χ1) is 13.5. The number of nitrogens with two attached hydrogens (primary N) is 1. The van der Waals surface area contributed by atoms with E-state index < -0.39 is 29.3 Å². The van der Waals surface area contributed by atoms with Crippen LogP contribution in [0.5, 0.6) is 5.75 Å². The van der Waals surface area contributed by atoms with E-state index in [1.54, 1.807) is 0 Å². The first-order valence-corrected chi connectivity index (χ1v) is 9.76. The second kappa shape index (κ2) is 7.52. The van der Waals surface area contributed by atoms with Gasteiger partial charge in [-0.05, 0) is 31.7 Å². The average Bonchev–Trinajstić information content (AvgIpc) is 2.69. The molecule has 1 aromatic carbocycles. The molecule has 3 heterocycles. The number of rotatable bonds is 4. The van der Waals surface area contributed by atoms with Crippen molar-refractivity contribution >= 4 is 17.8 Å². The highest BCUT2D eigenvalue weighted by Crippen LogP contribution is 2.39. The van der Waals surface area contributed by atoms with Crippen LogP contribution >= 0.6 is 0 Å². The molecular weight excluding hydrogens is 362 g/mol. The molecule has 150 valence electrons. The monoisotopic (exact) mass is 387 g/mol. The number of nitrogens with zero attached hydrogens (tertiary/aromatic N) is 1. The molecule has 28 heavy (non-hydrogen) atoms. The molecule has 1 aromatic rings. The third kappa shape index (κ3) is 3.38. The van der Waals surface area contributed by atoms with Gasteiger partial charge < -0.3 is 15.2 Å². The number of carbonyl (C=O) groups excluding carboxylic acids is 3. The molecule has 2 fully saturated rings. The molecule has 3 N–H and O–H groups in total. The molecule has 0 saturated carbocycles. The maximum atomic E-state index is 13.0. The summed E-state index contributed by atoms with van der Waals surface area (Å²) < 4.78 is 11.0. The zero-order valence-electron chi connectivity index (χ0n) is 15.7. The fourth-order valence-electron chi connectivity index (χ4n) is 4.32. The molecule has 0 bridgehead atoms. The van der Waals surface area contributed by atoms with Crippen LogP contribution in [0.4, 0.5) is 4.79 Å². The number of imide groups is 2. The van der Waals surface area contributed by atoms with Gasteiger partial charge in [-0.15, -0.1) is 0 Å². The van der Waals surface area contributed by atoms with Crippen molar-refractivity contribution in [2.24, 2.45) is 11.7 Å². The number of barbiturate groups is 1. The first-order valence-electron chi connectivity index (χ1n) is 9.76. The lowest BCUT2D eigenvalue weighted by Crippen LogP contribution is -2.61. The van der Waals surface area contributed by atoms with Crippen LogP contribution in [0, 0.1) is 5.92 Å². The summed E-state index contributed by atoms with van der Waals surface area (Å²) in [5.41, 5.74) is 6.89. The fraction of sp³-hybridized carbons (Fsp3) is 0.550. The Hall–Kier alpha value is -2.45. The maximum Gasteiger partial charge on any atom is 0.331 e. The van der Waals surface area contributed by atoms with Gasteiger partial charge in [-0.1, -0.05) is 18.2 Å². The Bertz CT molecular complexity index is 792.